The average molecular weight is 1090 g/mol. The number of carbonyl (C=O) groups is 5. The van der Waals surface area contributed by atoms with Crippen molar-refractivity contribution in [1.29, 1.82) is 0 Å². The van der Waals surface area contributed by atoms with Crippen molar-refractivity contribution >= 4 is 30.5 Å². The number of rotatable bonds is 21. The highest BCUT2D eigenvalue weighted by Gasteiger charge is 2.48. The average Bonchev–Trinajstić information content (AvgIpc) is 4.12. The van der Waals surface area contributed by atoms with Crippen LogP contribution in [0.2, 0.25) is 0 Å². The fourth-order valence-corrected chi connectivity index (χ4v) is 11.9. The summed E-state index contributed by atoms with van der Waals surface area (Å²) in [4.78, 5) is 75.2. The van der Waals surface area contributed by atoms with Crippen molar-refractivity contribution in [1.82, 2.24) is 19.6 Å². The summed E-state index contributed by atoms with van der Waals surface area (Å²) in [5.41, 5.74) is 5.88. The van der Waals surface area contributed by atoms with Crippen molar-refractivity contribution in [3.05, 3.63) is 92.1 Å². The Bertz CT molecular complexity index is 2730. The van der Waals surface area contributed by atoms with E-state index in [4.69, 9.17) is 23.7 Å². The van der Waals surface area contributed by atoms with Gasteiger partial charge >= 0.3 is 12.2 Å². The molecule has 0 bridgehead atoms. The van der Waals surface area contributed by atoms with E-state index in [1.54, 1.807) is 26.8 Å². The maximum absolute atomic E-state index is 14.7. The van der Waals surface area contributed by atoms with Crippen LogP contribution in [0, 0.1) is 0 Å². The minimum atomic E-state index is -1.04. The Morgan fingerprint density at radius 2 is 1.10 bits per heavy atom. The van der Waals surface area contributed by atoms with Gasteiger partial charge in [-0.05, 0) is 164 Å². The topological polar surface area (TPSA) is 185 Å². The zero-order chi connectivity index (χ0) is 56.6. The summed E-state index contributed by atoms with van der Waals surface area (Å²) in [6, 6.07) is 3.17. The van der Waals surface area contributed by atoms with Gasteiger partial charge in [0.05, 0.1) is 36.4 Å². The Hall–Kier alpha value is -6.13. The minimum absolute atomic E-state index is 0.0251. The van der Waals surface area contributed by atoms with Crippen LogP contribution in [0.15, 0.2) is 58.7 Å². The van der Waals surface area contributed by atoms with Gasteiger partial charge in [-0.1, -0.05) is 46.6 Å². The van der Waals surface area contributed by atoms with E-state index in [1.807, 2.05) is 13.8 Å². The third-order valence-electron chi connectivity index (χ3n) is 17.0. The van der Waals surface area contributed by atoms with E-state index in [2.05, 4.69) is 65.8 Å². The highest BCUT2D eigenvalue weighted by atomic mass is 16.6. The van der Waals surface area contributed by atoms with E-state index in [0.29, 0.717) is 104 Å². The first-order valence-electron chi connectivity index (χ1n) is 29.1. The summed E-state index contributed by atoms with van der Waals surface area (Å²) in [6.45, 7) is 19.4. The van der Waals surface area contributed by atoms with Gasteiger partial charge in [-0.15, -0.1) is 0 Å². The number of carbonyl (C=O) groups excluding carboxylic acids is 5. The van der Waals surface area contributed by atoms with Gasteiger partial charge < -0.3 is 48.6 Å². The molecule has 16 nitrogen and oxygen atoms in total. The number of benzene rings is 2. The van der Waals surface area contributed by atoms with Gasteiger partial charge in [0.25, 0.3) is 18.3 Å². The Morgan fingerprint density at radius 1 is 0.646 bits per heavy atom. The lowest BCUT2D eigenvalue weighted by Crippen LogP contribution is -2.49. The zero-order valence-electron chi connectivity index (χ0n) is 48.2. The smallest absolute Gasteiger partial charge is 0.415 e. The number of aliphatic hydroxyl groups excluding tert-OH is 2. The van der Waals surface area contributed by atoms with Gasteiger partial charge in [0, 0.05) is 74.2 Å². The normalized spacial score (nSPS) is 23.2. The van der Waals surface area contributed by atoms with Crippen molar-refractivity contribution in [2.75, 3.05) is 32.7 Å². The largest absolute Gasteiger partial charge is 0.484 e. The van der Waals surface area contributed by atoms with Gasteiger partial charge in [-0.2, -0.15) is 0 Å². The predicted octanol–water partition coefficient (Wildman–Crippen LogP) is 11.6. The summed E-state index contributed by atoms with van der Waals surface area (Å²) in [7, 11) is 0. The maximum atomic E-state index is 14.7. The SMILES string of the molecule is CC(C)=CCC/C(C)=C/CC[C@@]1(C)Oc2c(c(OC(=O)N3CCCCC3)cc3c2CN(CCC[C@@H](OC=O)N2Cc4c(cc(OC(=O)N5CCCCC5)c5c4O[C@](C)(CC/C=C(\C)CCC=C(C)C)[C@@H](O)C5)C2=O)C3=O)C[C@@H]1O. The zero-order valence-corrected chi connectivity index (χ0v) is 48.2. The molecule has 2 fully saturated rings. The quantitative estimate of drug-likeness (QED) is 0.0892. The van der Waals surface area contributed by atoms with Crippen LogP contribution >= 0.6 is 0 Å². The molecule has 16 heteroatoms. The molecule has 6 aliphatic rings. The van der Waals surface area contributed by atoms with E-state index in [0.717, 1.165) is 64.2 Å². The Kier molecular flexibility index (Phi) is 19.4. The van der Waals surface area contributed by atoms with Gasteiger partial charge in [0.1, 0.15) is 34.2 Å². The second-order valence-corrected chi connectivity index (χ2v) is 23.8. The van der Waals surface area contributed by atoms with Crippen LogP contribution in [0.5, 0.6) is 23.0 Å². The molecule has 2 aromatic carbocycles. The number of fused-ring (bicyclic) bond motifs is 6. The lowest BCUT2D eigenvalue weighted by molar-refractivity contribution is -0.141. The summed E-state index contributed by atoms with van der Waals surface area (Å²) in [5.74, 6) is 0.460. The fraction of sp³-hybridized carbons (Fsp3) is 0.603. The Labute approximate surface area is 467 Å². The van der Waals surface area contributed by atoms with Gasteiger partial charge in [0.2, 0.25) is 0 Å². The molecule has 4 amide bonds. The number of amides is 4. The predicted molar refractivity (Wildman–Crippen MR) is 301 cm³/mol. The van der Waals surface area contributed by atoms with E-state index >= 15 is 0 Å². The van der Waals surface area contributed by atoms with E-state index in [9.17, 15) is 34.2 Å². The molecule has 0 radical (unpaired) electrons. The number of hydrogen-bond acceptors (Lipinski definition) is 12. The molecule has 2 N–H and O–H groups in total. The van der Waals surface area contributed by atoms with E-state index < -0.39 is 47.7 Å². The van der Waals surface area contributed by atoms with Crippen molar-refractivity contribution in [3.63, 3.8) is 0 Å². The molecular formula is C63H86N4O12. The molecule has 6 heterocycles. The number of piperidine rings is 2. The Balaban J connectivity index is 1.01. The van der Waals surface area contributed by atoms with Crippen molar-refractivity contribution in [2.24, 2.45) is 0 Å². The summed E-state index contributed by atoms with van der Waals surface area (Å²) in [6.07, 6.45) is 17.3. The number of allylic oxidation sites excluding steroid dienone is 8. The highest BCUT2D eigenvalue weighted by Crippen LogP contribution is 2.49. The molecule has 0 aromatic heterocycles. The van der Waals surface area contributed by atoms with Gasteiger partial charge in [-0.25, -0.2) is 9.59 Å². The maximum Gasteiger partial charge on any atom is 0.415 e. The number of hydrogen-bond donors (Lipinski definition) is 2. The second kappa shape index (κ2) is 26.0. The third kappa shape index (κ3) is 13.9. The van der Waals surface area contributed by atoms with E-state index in [-0.39, 0.29) is 61.9 Å². The first-order chi connectivity index (χ1) is 37.8. The van der Waals surface area contributed by atoms with Crippen molar-refractivity contribution in [3.8, 4) is 23.0 Å². The third-order valence-corrected chi connectivity index (χ3v) is 17.0. The van der Waals surface area contributed by atoms with Gasteiger partial charge in [0.15, 0.2) is 6.23 Å². The molecule has 430 valence electrons. The van der Waals surface area contributed by atoms with Crippen LogP contribution < -0.4 is 18.9 Å². The van der Waals surface area contributed by atoms with Crippen LogP contribution in [-0.4, -0.2) is 123 Å². The fourth-order valence-electron chi connectivity index (χ4n) is 11.9. The van der Waals surface area contributed by atoms with E-state index in [1.165, 1.54) is 27.2 Å². The molecule has 2 aromatic rings. The first kappa shape index (κ1) is 59.0. The summed E-state index contributed by atoms with van der Waals surface area (Å²) in [5, 5.41) is 23.5. The number of ether oxygens (including phenoxy) is 5. The molecular weight excluding hydrogens is 1000 g/mol. The lowest BCUT2D eigenvalue weighted by atomic mass is 9.84. The monoisotopic (exact) mass is 1090 g/mol. The van der Waals surface area contributed by atoms with Crippen LogP contribution in [0.1, 0.15) is 201 Å². The van der Waals surface area contributed by atoms with Crippen molar-refractivity contribution in [2.45, 2.75) is 214 Å². The lowest BCUT2D eigenvalue weighted by Gasteiger charge is -2.41. The molecule has 2 saturated heterocycles. The summed E-state index contributed by atoms with van der Waals surface area (Å²) >= 11 is 0. The number of aliphatic hydroxyl groups is 2. The summed E-state index contributed by atoms with van der Waals surface area (Å²) < 4.78 is 31.6. The second-order valence-electron chi connectivity index (χ2n) is 23.8. The molecule has 8 rings (SSSR count). The standard InChI is InChI=1S/C63H86N4O12/c1-41(2)20-15-22-43(5)24-17-27-62(7)53(69)36-47-51(76-60(73)64-29-11-9-12-30-64)34-45-49(56(47)78-62)38-66(58(45)71)33-19-26-55(75-40-68)67-39-50-46(59(67)72)35-52(77-61(74)65-31-13-10-14-32-65)48-37-54(70)63(8,79-57(48)50)28-18-25-44(6)23-16-21-42(3)4/h20-21,24-25,34-35,40,53-55,69-70H,9-19,22-23,26-33,36-39H2,1-8H3/b43-24+,44-25+/t53-,54-,55+,62+,63+/m0/s1. The van der Waals surface area contributed by atoms with Crippen LogP contribution in [-0.2, 0) is 35.5 Å². The highest BCUT2D eigenvalue weighted by molar-refractivity contribution is 6.01. The van der Waals surface area contributed by atoms with Gasteiger partial charge in [-0.3, -0.25) is 19.3 Å². The van der Waals surface area contributed by atoms with Crippen LogP contribution in [0.25, 0.3) is 0 Å². The molecule has 0 spiro atoms. The first-order valence-corrected chi connectivity index (χ1v) is 29.1. The number of likely N-dealkylation sites (tertiary alicyclic amines) is 2. The molecule has 0 unspecified atom stereocenters. The molecule has 6 aliphatic heterocycles. The van der Waals surface area contributed by atoms with Crippen LogP contribution in [0.3, 0.4) is 0 Å². The molecule has 0 saturated carbocycles. The molecule has 5 atom stereocenters. The number of nitrogens with zero attached hydrogens (tertiary/aromatic N) is 4. The Morgan fingerprint density at radius 3 is 1.56 bits per heavy atom. The molecule has 0 aliphatic carbocycles. The van der Waals surface area contributed by atoms with Crippen molar-refractivity contribution < 1.29 is 57.9 Å². The molecule has 79 heavy (non-hydrogen) atoms. The minimum Gasteiger partial charge on any atom is -0.484 e. The van der Waals surface area contributed by atoms with Crippen LogP contribution in [0.4, 0.5) is 9.59 Å².